The number of hydrogen-bond donors (Lipinski definition) is 2. The van der Waals surface area contributed by atoms with Crippen LogP contribution in [-0.4, -0.2) is 31.2 Å². The van der Waals surface area contributed by atoms with Crippen LogP contribution >= 0.6 is 0 Å². The van der Waals surface area contributed by atoms with Crippen LogP contribution in [-0.2, 0) is 16.0 Å². The van der Waals surface area contributed by atoms with Crippen molar-refractivity contribution in [3.63, 3.8) is 0 Å². The van der Waals surface area contributed by atoms with Crippen molar-refractivity contribution in [2.45, 2.75) is 37.8 Å². The molecule has 1 aliphatic rings. The zero-order chi connectivity index (χ0) is 13.5. The molecule has 1 aromatic carbocycles. The van der Waals surface area contributed by atoms with Crippen molar-refractivity contribution in [2.75, 3.05) is 13.2 Å². The molecule has 1 amide bonds. The molecule has 0 radical (unpaired) electrons. The summed E-state index contributed by atoms with van der Waals surface area (Å²) in [6, 6.07) is 9.87. The first kappa shape index (κ1) is 14.0. The van der Waals surface area contributed by atoms with Gasteiger partial charge in [0.1, 0.15) is 0 Å². The average molecular weight is 262 g/mol. The Hall–Kier alpha value is -1.39. The van der Waals surface area contributed by atoms with Gasteiger partial charge in [-0.15, -0.1) is 0 Å². The fourth-order valence-electron chi connectivity index (χ4n) is 2.38. The number of amides is 1. The number of benzene rings is 1. The second-order valence-electron chi connectivity index (χ2n) is 5.02. The zero-order valence-corrected chi connectivity index (χ0v) is 11.2. The fraction of sp³-hybridized carbons (Fsp3) is 0.533. The van der Waals surface area contributed by atoms with Gasteiger partial charge in [0.25, 0.3) is 0 Å². The van der Waals surface area contributed by atoms with Crippen molar-refractivity contribution >= 4 is 5.91 Å². The van der Waals surface area contributed by atoms with E-state index in [0.29, 0.717) is 6.54 Å². The Morgan fingerprint density at radius 2 is 2.21 bits per heavy atom. The molecule has 1 aliphatic heterocycles. The van der Waals surface area contributed by atoms with Crippen LogP contribution in [0.15, 0.2) is 30.3 Å². The summed E-state index contributed by atoms with van der Waals surface area (Å²) < 4.78 is 5.53. The molecule has 3 N–H and O–H groups in total. The van der Waals surface area contributed by atoms with Gasteiger partial charge in [0.2, 0.25) is 5.91 Å². The van der Waals surface area contributed by atoms with Crippen molar-refractivity contribution in [2.24, 2.45) is 5.73 Å². The van der Waals surface area contributed by atoms with Crippen LogP contribution in [0.4, 0.5) is 0 Å². The summed E-state index contributed by atoms with van der Waals surface area (Å²) in [7, 11) is 0. The molecule has 1 saturated heterocycles. The number of primary amides is 1. The monoisotopic (exact) mass is 262 g/mol. The number of hydrogen-bond acceptors (Lipinski definition) is 3. The first-order chi connectivity index (χ1) is 9.25. The predicted octanol–water partition coefficient (Wildman–Crippen LogP) is 1.24. The standard InChI is InChI=1S/C15H22N2O2/c16-15(18)14(17-11-13-7-4-10-19-13)9-8-12-5-2-1-3-6-12/h1-3,5-6,13-14,17H,4,7-11H2,(H2,16,18). The summed E-state index contributed by atoms with van der Waals surface area (Å²) in [6.45, 7) is 1.54. The summed E-state index contributed by atoms with van der Waals surface area (Å²) in [5, 5.41) is 3.23. The van der Waals surface area contributed by atoms with E-state index in [2.05, 4.69) is 17.4 Å². The minimum absolute atomic E-state index is 0.235. The highest BCUT2D eigenvalue weighted by atomic mass is 16.5. The molecule has 2 atom stereocenters. The summed E-state index contributed by atoms with van der Waals surface area (Å²) in [5.74, 6) is -0.283. The lowest BCUT2D eigenvalue weighted by atomic mass is 10.0. The van der Waals surface area contributed by atoms with E-state index >= 15 is 0 Å². The van der Waals surface area contributed by atoms with Crippen LogP contribution in [0.2, 0.25) is 0 Å². The summed E-state index contributed by atoms with van der Waals surface area (Å²) in [4.78, 5) is 11.4. The third kappa shape index (κ3) is 4.65. The van der Waals surface area contributed by atoms with Gasteiger partial charge < -0.3 is 15.8 Å². The van der Waals surface area contributed by atoms with Crippen molar-refractivity contribution in [1.29, 1.82) is 0 Å². The van der Waals surface area contributed by atoms with E-state index in [1.54, 1.807) is 0 Å². The van der Waals surface area contributed by atoms with E-state index in [-0.39, 0.29) is 18.1 Å². The maximum absolute atomic E-state index is 11.4. The third-order valence-electron chi connectivity index (χ3n) is 3.52. The van der Waals surface area contributed by atoms with Crippen LogP contribution in [0.1, 0.15) is 24.8 Å². The zero-order valence-electron chi connectivity index (χ0n) is 11.2. The number of carbonyl (C=O) groups excluding carboxylic acids is 1. The largest absolute Gasteiger partial charge is 0.377 e. The number of nitrogens with two attached hydrogens (primary N) is 1. The molecule has 0 aromatic heterocycles. The number of rotatable bonds is 7. The van der Waals surface area contributed by atoms with Crippen LogP contribution in [0, 0.1) is 0 Å². The molecule has 4 heteroatoms. The molecule has 4 nitrogen and oxygen atoms in total. The average Bonchev–Trinajstić information content (AvgIpc) is 2.92. The highest BCUT2D eigenvalue weighted by Gasteiger charge is 2.19. The Morgan fingerprint density at radius 3 is 2.84 bits per heavy atom. The minimum Gasteiger partial charge on any atom is -0.377 e. The lowest BCUT2D eigenvalue weighted by molar-refractivity contribution is -0.120. The van der Waals surface area contributed by atoms with Crippen LogP contribution in [0.3, 0.4) is 0 Å². The van der Waals surface area contributed by atoms with Gasteiger partial charge in [0, 0.05) is 13.2 Å². The second-order valence-corrected chi connectivity index (χ2v) is 5.02. The lowest BCUT2D eigenvalue weighted by Gasteiger charge is -2.18. The number of carbonyl (C=O) groups is 1. The van der Waals surface area contributed by atoms with Crippen LogP contribution in [0.5, 0.6) is 0 Å². The molecular weight excluding hydrogens is 240 g/mol. The molecule has 0 aliphatic carbocycles. The van der Waals surface area contributed by atoms with E-state index in [4.69, 9.17) is 10.5 Å². The first-order valence-electron chi connectivity index (χ1n) is 6.94. The number of aryl methyl sites for hydroxylation is 1. The summed E-state index contributed by atoms with van der Waals surface area (Å²) in [6.07, 6.45) is 3.99. The Labute approximate surface area is 114 Å². The SMILES string of the molecule is NC(=O)C(CCc1ccccc1)NCC1CCCO1. The van der Waals surface area contributed by atoms with Crippen molar-refractivity contribution in [3.05, 3.63) is 35.9 Å². The van der Waals surface area contributed by atoms with Gasteiger partial charge in [0.15, 0.2) is 0 Å². The molecule has 1 heterocycles. The maximum Gasteiger partial charge on any atom is 0.234 e. The highest BCUT2D eigenvalue weighted by Crippen LogP contribution is 2.11. The van der Waals surface area contributed by atoms with Crippen molar-refractivity contribution in [3.8, 4) is 0 Å². The maximum atomic E-state index is 11.4. The molecular formula is C15H22N2O2. The summed E-state index contributed by atoms with van der Waals surface area (Å²) in [5.41, 5.74) is 6.67. The van der Waals surface area contributed by atoms with E-state index in [0.717, 1.165) is 32.3 Å². The van der Waals surface area contributed by atoms with E-state index in [9.17, 15) is 4.79 Å². The molecule has 2 rings (SSSR count). The van der Waals surface area contributed by atoms with Gasteiger partial charge in [0.05, 0.1) is 12.1 Å². The van der Waals surface area contributed by atoms with Gasteiger partial charge in [-0.3, -0.25) is 4.79 Å². The van der Waals surface area contributed by atoms with Crippen molar-refractivity contribution in [1.82, 2.24) is 5.32 Å². The molecule has 1 fully saturated rings. The Bertz CT molecular complexity index is 388. The second kappa shape index (κ2) is 7.26. The van der Waals surface area contributed by atoms with Gasteiger partial charge in [-0.2, -0.15) is 0 Å². The van der Waals surface area contributed by atoms with E-state index in [1.807, 2.05) is 18.2 Å². The molecule has 0 saturated carbocycles. The third-order valence-corrected chi connectivity index (χ3v) is 3.52. The molecule has 19 heavy (non-hydrogen) atoms. The van der Waals surface area contributed by atoms with Crippen LogP contribution in [0.25, 0.3) is 0 Å². The van der Waals surface area contributed by atoms with Gasteiger partial charge in [-0.25, -0.2) is 0 Å². The van der Waals surface area contributed by atoms with Crippen LogP contribution < -0.4 is 11.1 Å². The topological polar surface area (TPSA) is 64.4 Å². The number of nitrogens with one attached hydrogen (secondary N) is 1. The van der Waals surface area contributed by atoms with Crippen molar-refractivity contribution < 1.29 is 9.53 Å². The van der Waals surface area contributed by atoms with Gasteiger partial charge >= 0.3 is 0 Å². The van der Waals surface area contributed by atoms with Gasteiger partial charge in [-0.05, 0) is 31.2 Å². The van der Waals surface area contributed by atoms with E-state index < -0.39 is 0 Å². The molecule has 2 unspecified atom stereocenters. The molecule has 104 valence electrons. The quantitative estimate of drug-likeness (QED) is 0.777. The number of ether oxygens (including phenoxy) is 1. The van der Waals surface area contributed by atoms with E-state index in [1.165, 1.54) is 5.56 Å². The molecule has 0 bridgehead atoms. The first-order valence-corrected chi connectivity index (χ1v) is 6.94. The molecule has 1 aromatic rings. The Kier molecular flexibility index (Phi) is 5.36. The van der Waals surface area contributed by atoms with Gasteiger partial charge in [-0.1, -0.05) is 30.3 Å². The Morgan fingerprint density at radius 1 is 1.42 bits per heavy atom. The molecule has 0 spiro atoms. The highest BCUT2D eigenvalue weighted by molar-refractivity contribution is 5.79. The summed E-state index contributed by atoms with van der Waals surface area (Å²) >= 11 is 0. The minimum atomic E-state index is -0.283. The smallest absolute Gasteiger partial charge is 0.234 e. The fourth-order valence-corrected chi connectivity index (χ4v) is 2.38. The lowest BCUT2D eigenvalue weighted by Crippen LogP contribution is -2.44. The Balaban J connectivity index is 1.77. The normalized spacial score (nSPS) is 20.3. The predicted molar refractivity (Wildman–Crippen MR) is 74.7 cm³/mol.